The minimum atomic E-state index is -0.0541. The summed E-state index contributed by atoms with van der Waals surface area (Å²) < 4.78 is 11.5. The average Bonchev–Trinajstić information content (AvgIpc) is 3.35. The SMILES string of the molecule is CCOCc1cc(C)cc(Cc2ncc(-c3ccc(N4CCNC4=O)cc3)o2)c1. The van der Waals surface area contributed by atoms with E-state index in [2.05, 4.69) is 35.4 Å². The molecular formula is C23H25N3O3. The molecule has 1 fully saturated rings. The Morgan fingerprint density at radius 3 is 2.69 bits per heavy atom. The maximum absolute atomic E-state index is 11.8. The van der Waals surface area contributed by atoms with E-state index in [9.17, 15) is 4.79 Å². The maximum Gasteiger partial charge on any atom is 0.321 e. The molecule has 0 spiro atoms. The number of benzene rings is 2. The van der Waals surface area contributed by atoms with Crippen molar-refractivity contribution in [1.82, 2.24) is 10.3 Å². The molecule has 0 saturated carbocycles. The van der Waals surface area contributed by atoms with Crippen molar-refractivity contribution in [3.05, 3.63) is 71.2 Å². The Labute approximate surface area is 170 Å². The van der Waals surface area contributed by atoms with Crippen molar-refractivity contribution in [2.45, 2.75) is 26.9 Å². The van der Waals surface area contributed by atoms with Crippen LogP contribution in [0.25, 0.3) is 11.3 Å². The van der Waals surface area contributed by atoms with Crippen LogP contribution in [-0.4, -0.2) is 30.7 Å². The maximum atomic E-state index is 11.8. The van der Waals surface area contributed by atoms with Gasteiger partial charge in [0.25, 0.3) is 0 Å². The molecule has 0 bridgehead atoms. The van der Waals surface area contributed by atoms with Gasteiger partial charge >= 0.3 is 6.03 Å². The number of rotatable bonds is 7. The summed E-state index contributed by atoms with van der Waals surface area (Å²) in [5, 5.41) is 2.81. The molecule has 150 valence electrons. The summed E-state index contributed by atoms with van der Waals surface area (Å²) >= 11 is 0. The third-order valence-corrected chi connectivity index (χ3v) is 4.90. The molecule has 0 atom stereocenters. The third-order valence-electron chi connectivity index (χ3n) is 4.90. The molecule has 29 heavy (non-hydrogen) atoms. The molecular weight excluding hydrogens is 366 g/mol. The first-order valence-electron chi connectivity index (χ1n) is 9.90. The molecule has 1 aromatic heterocycles. The fourth-order valence-electron chi connectivity index (χ4n) is 3.58. The van der Waals surface area contributed by atoms with E-state index >= 15 is 0 Å². The number of hydrogen-bond donors (Lipinski definition) is 1. The molecule has 2 amide bonds. The van der Waals surface area contributed by atoms with E-state index in [1.165, 1.54) is 5.56 Å². The highest BCUT2D eigenvalue weighted by molar-refractivity contribution is 5.94. The first-order valence-corrected chi connectivity index (χ1v) is 9.90. The first-order chi connectivity index (χ1) is 14.1. The number of oxazole rings is 1. The lowest BCUT2D eigenvalue weighted by molar-refractivity contribution is 0.134. The largest absolute Gasteiger partial charge is 0.440 e. The van der Waals surface area contributed by atoms with Gasteiger partial charge in [-0.3, -0.25) is 4.90 Å². The minimum Gasteiger partial charge on any atom is -0.440 e. The van der Waals surface area contributed by atoms with E-state index in [0.717, 1.165) is 28.1 Å². The molecule has 0 unspecified atom stereocenters. The van der Waals surface area contributed by atoms with Crippen LogP contribution in [0.3, 0.4) is 0 Å². The summed E-state index contributed by atoms with van der Waals surface area (Å²) in [6, 6.07) is 14.2. The van der Waals surface area contributed by atoms with Crippen LogP contribution in [0.15, 0.2) is 53.1 Å². The summed E-state index contributed by atoms with van der Waals surface area (Å²) in [4.78, 5) is 18.0. The molecule has 1 aliphatic rings. The average molecular weight is 391 g/mol. The highest BCUT2D eigenvalue weighted by atomic mass is 16.5. The van der Waals surface area contributed by atoms with E-state index < -0.39 is 0 Å². The zero-order chi connectivity index (χ0) is 20.2. The number of urea groups is 1. The van der Waals surface area contributed by atoms with Crippen LogP contribution in [-0.2, 0) is 17.8 Å². The molecule has 3 aromatic rings. The summed E-state index contributed by atoms with van der Waals surface area (Å²) in [5.41, 5.74) is 5.34. The molecule has 1 aliphatic heterocycles. The van der Waals surface area contributed by atoms with E-state index in [0.29, 0.717) is 38.6 Å². The van der Waals surface area contributed by atoms with Gasteiger partial charge < -0.3 is 14.5 Å². The summed E-state index contributed by atoms with van der Waals surface area (Å²) in [5.74, 6) is 1.40. The summed E-state index contributed by atoms with van der Waals surface area (Å²) in [6.45, 7) is 6.76. The Hall–Kier alpha value is -3.12. The number of aromatic nitrogens is 1. The topological polar surface area (TPSA) is 67.6 Å². The number of nitrogens with zero attached hydrogens (tertiary/aromatic N) is 2. The van der Waals surface area contributed by atoms with Crippen LogP contribution in [0, 0.1) is 6.92 Å². The summed E-state index contributed by atoms with van der Waals surface area (Å²) in [7, 11) is 0. The van der Waals surface area contributed by atoms with Crippen LogP contribution in [0.2, 0.25) is 0 Å². The van der Waals surface area contributed by atoms with Crippen molar-refractivity contribution in [2.75, 3.05) is 24.6 Å². The lowest BCUT2D eigenvalue weighted by Crippen LogP contribution is -2.27. The van der Waals surface area contributed by atoms with Gasteiger partial charge in [0.2, 0.25) is 0 Å². The lowest BCUT2D eigenvalue weighted by Gasteiger charge is -2.14. The molecule has 0 aliphatic carbocycles. The van der Waals surface area contributed by atoms with Gasteiger partial charge in [0.1, 0.15) is 0 Å². The highest BCUT2D eigenvalue weighted by Gasteiger charge is 2.21. The number of carbonyl (C=O) groups excluding carboxylic acids is 1. The second-order valence-electron chi connectivity index (χ2n) is 7.19. The number of hydrogen-bond acceptors (Lipinski definition) is 4. The predicted octanol–water partition coefficient (Wildman–Crippen LogP) is 4.31. The van der Waals surface area contributed by atoms with Crippen LogP contribution in [0.4, 0.5) is 10.5 Å². The van der Waals surface area contributed by atoms with E-state index in [-0.39, 0.29) is 6.03 Å². The fourth-order valence-corrected chi connectivity index (χ4v) is 3.58. The molecule has 2 aromatic carbocycles. The zero-order valence-corrected chi connectivity index (χ0v) is 16.8. The highest BCUT2D eigenvalue weighted by Crippen LogP contribution is 2.25. The molecule has 2 heterocycles. The Balaban J connectivity index is 1.47. The van der Waals surface area contributed by atoms with Crippen LogP contribution < -0.4 is 10.2 Å². The van der Waals surface area contributed by atoms with Crippen molar-refractivity contribution < 1.29 is 13.9 Å². The van der Waals surface area contributed by atoms with Crippen LogP contribution >= 0.6 is 0 Å². The van der Waals surface area contributed by atoms with E-state index in [1.807, 2.05) is 31.2 Å². The fraction of sp³-hybridized carbons (Fsp3) is 0.304. The monoisotopic (exact) mass is 391 g/mol. The van der Waals surface area contributed by atoms with E-state index in [4.69, 9.17) is 9.15 Å². The Morgan fingerprint density at radius 1 is 1.17 bits per heavy atom. The predicted molar refractivity (Wildman–Crippen MR) is 112 cm³/mol. The lowest BCUT2D eigenvalue weighted by atomic mass is 10.0. The van der Waals surface area contributed by atoms with Crippen molar-refractivity contribution in [3.8, 4) is 11.3 Å². The summed E-state index contributed by atoms with van der Waals surface area (Å²) in [6.07, 6.45) is 2.39. The van der Waals surface area contributed by atoms with Gasteiger partial charge in [0.15, 0.2) is 11.7 Å². The molecule has 6 nitrogen and oxygen atoms in total. The molecule has 6 heteroatoms. The smallest absolute Gasteiger partial charge is 0.321 e. The van der Waals surface area contributed by atoms with E-state index in [1.54, 1.807) is 11.1 Å². The number of anilines is 1. The van der Waals surface area contributed by atoms with Gasteiger partial charge in [-0.05, 0) is 49.2 Å². The standard InChI is InChI=1S/C23H25N3O3/c1-3-28-15-18-11-16(2)10-17(12-18)13-22-25-14-21(29-22)19-4-6-20(7-5-19)26-9-8-24-23(26)27/h4-7,10-12,14H,3,8-9,13,15H2,1-2H3,(H,24,27). The Kier molecular flexibility index (Phi) is 5.62. The third kappa shape index (κ3) is 4.49. The molecule has 1 N–H and O–H groups in total. The van der Waals surface area contributed by atoms with Crippen LogP contribution in [0.1, 0.15) is 29.5 Å². The number of aryl methyl sites for hydroxylation is 1. The van der Waals surface area contributed by atoms with Crippen LogP contribution in [0.5, 0.6) is 0 Å². The molecule has 1 saturated heterocycles. The van der Waals surface area contributed by atoms with Gasteiger partial charge in [0, 0.05) is 37.4 Å². The first kappa shape index (κ1) is 19.2. The van der Waals surface area contributed by atoms with Gasteiger partial charge in [-0.25, -0.2) is 9.78 Å². The van der Waals surface area contributed by atoms with Crippen molar-refractivity contribution >= 4 is 11.7 Å². The Morgan fingerprint density at radius 2 is 1.97 bits per heavy atom. The quantitative estimate of drug-likeness (QED) is 0.652. The van der Waals surface area contributed by atoms with Crippen molar-refractivity contribution in [1.29, 1.82) is 0 Å². The second-order valence-corrected chi connectivity index (χ2v) is 7.19. The van der Waals surface area contributed by atoms with Crippen molar-refractivity contribution in [3.63, 3.8) is 0 Å². The minimum absolute atomic E-state index is 0.0541. The van der Waals surface area contributed by atoms with Gasteiger partial charge in [0.05, 0.1) is 12.8 Å². The number of nitrogens with one attached hydrogen (secondary N) is 1. The van der Waals surface area contributed by atoms with Gasteiger partial charge in [-0.15, -0.1) is 0 Å². The second kappa shape index (κ2) is 8.49. The molecule has 4 rings (SSSR count). The van der Waals surface area contributed by atoms with Gasteiger partial charge in [-0.2, -0.15) is 0 Å². The number of amides is 2. The number of carbonyl (C=O) groups is 1. The number of ether oxygens (including phenoxy) is 1. The van der Waals surface area contributed by atoms with Gasteiger partial charge in [-0.1, -0.05) is 23.8 Å². The zero-order valence-electron chi connectivity index (χ0n) is 16.8. The Bertz CT molecular complexity index is 995. The van der Waals surface area contributed by atoms with Crippen molar-refractivity contribution in [2.24, 2.45) is 0 Å². The molecule has 0 radical (unpaired) electrons. The normalized spacial score (nSPS) is 13.7.